The summed E-state index contributed by atoms with van der Waals surface area (Å²) in [7, 11) is 1.94. The number of rotatable bonds is 4. The third kappa shape index (κ3) is 3.02. The molecule has 0 bridgehead atoms. The summed E-state index contributed by atoms with van der Waals surface area (Å²) >= 11 is 4.92. The van der Waals surface area contributed by atoms with Gasteiger partial charge in [-0.25, -0.2) is 9.97 Å². The average Bonchev–Trinajstić information content (AvgIpc) is 2.81. The first kappa shape index (κ1) is 12.5. The molecule has 4 nitrogen and oxygen atoms in total. The molecule has 2 heterocycles. The zero-order valence-corrected chi connectivity index (χ0v) is 11.7. The van der Waals surface area contributed by atoms with Crippen molar-refractivity contribution in [1.29, 1.82) is 0 Å². The predicted octanol–water partition coefficient (Wildman–Crippen LogP) is 2.43. The zero-order valence-electron chi connectivity index (χ0n) is 9.30. The normalized spacial score (nSPS) is 10.5. The number of nitrogens with zero attached hydrogens (tertiary/aromatic N) is 3. The van der Waals surface area contributed by atoms with Crippen LogP contribution in [0.4, 0.5) is 5.82 Å². The minimum atomic E-state index is -0.0246. The fourth-order valence-electron chi connectivity index (χ4n) is 1.57. The first-order chi connectivity index (χ1) is 8.20. The summed E-state index contributed by atoms with van der Waals surface area (Å²) in [6.45, 7) is 0.661. The topological polar surface area (TPSA) is 49.2 Å². The van der Waals surface area contributed by atoms with E-state index in [1.165, 1.54) is 0 Å². The van der Waals surface area contributed by atoms with Crippen LogP contribution in [0.25, 0.3) is 0 Å². The van der Waals surface area contributed by atoms with Crippen molar-refractivity contribution in [2.45, 2.75) is 13.2 Å². The Labute approximate surface area is 112 Å². The van der Waals surface area contributed by atoms with Crippen LogP contribution in [0.1, 0.15) is 11.3 Å². The molecule has 6 heteroatoms. The molecule has 0 saturated carbocycles. The molecule has 1 N–H and O–H groups in total. The number of pyridine rings is 1. The van der Waals surface area contributed by atoms with E-state index in [9.17, 15) is 5.11 Å². The fourth-order valence-corrected chi connectivity index (χ4v) is 2.50. The number of aliphatic hydroxyl groups is 1. The highest BCUT2D eigenvalue weighted by atomic mass is 79.9. The van der Waals surface area contributed by atoms with Crippen LogP contribution in [-0.4, -0.2) is 22.1 Å². The fraction of sp³-hybridized carbons (Fsp3) is 0.273. The summed E-state index contributed by atoms with van der Waals surface area (Å²) in [5.74, 6) is 0.781. The Morgan fingerprint density at radius 1 is 1.47 bits per heavy atom. The van der Waals surface area contributed by atoms with Gasteiger partial charge in [-0.1, -0.05) is 0 Å². The molecule has 0 amide bonds. The molecule has 0 fully saturated rings. The van der Waals surface area contributed by atoms with Crippen LogP contribution in [0.15, 0.2) is 27.6 Å². The van der Waals surface area contributed by atoms with Crippen LogP contribution in [-0.2, 0) is 13.2 Å². The van der Waals surface area contributed by atoms with Crippen LogP contribution >= 0.6 is 27.3 Å². The van der Waals surface area contributed by atoms with E-state index in [2.05, 4.69) is 25.9 Å². The van der Waals surface area contributed by atoms with Gasteiger partial charge in [-0.3, -0.25) is 0 Å². The molecule has 2 aromatic heterocycles. The monoisotopic (exact) mass is 313 g/mol. The molecule has 90 valence electrons. The van der Waals surface area contributed by atoms with Gasteiger partial charge in [0.25, 0.3) is 0 Å². The third-order valence-electron chi connectivity index (χ3n) is 2.32. The summed E-state index contributed by atoms with van der Waals surface area (Å²) in [6, 6.07) is 1.87. The number of thiazole rings is 1. The lowest BCUT2D eigenvalue weighted by atomic mass is 10.2. The largest absolute Gasteiger partial charge is 0.392 e. The van der Waals surface area contributed by atoms with Gasteiger partial charge in [-0.15, -0.1) is 11.3 Å². The lowest BCUT2D eigenvalue weighted by molar-refractivity contribution is 0.281. The van der Waals surface area contributed by atoms with Gasteiger partial charge in [-0.2, -0.15) is 0 Å². The maximum absolute atomic E-state index is 9.32. The molecule has 0 aromatic carbocycles. The van der Waals surface area contributed by atoms with E-state index in [1.807, 2.05) is 28.9 Å². The summed E-state index contributed by atoms with van der Waals surface area (Å²) in [5.41, 5.74) is 3.62. The maximum atomic E-state index is 9.32. The SMILES string of the molecule is CN(Cc1cscn1)c1ncc(Br)cc1CO. The lowest BCUT2D eigenvalue weighted by Gasteiger charge is -2.19. The van der Waals surface area contributed by atoms with Crippen LogP contribution in [0, 0.1) is 0 Å². The van der Waals surface area contributed by atoms with Crippen molar-refractivity contribution >= 4 is 33.1 Å². The predicted molar refractivity (Wildman–Crippen MR) is 72.1 cm³/mol. The molecule has 0 aliphatic rings. The smallest absolute Gasteiger partial charge is 0.134 e. The molecular formula is C11H12BrN3OS. The summed E-state index contributed by atoms with van der Waals surface area (Å²) in [4.78, 5) is 10.5. The van der Waals surface area contributed by atoms with Crippen LogP contribution < -0.4 is 4.90 Å². The minimum Gasteiger partial charge on any atom is -0.392 e. The van der Waals surface area contributed by atoms with Gasteiger partial charge in [0.2, 0.25) is 0 Å². The minimum absolute atomic E-state index is 0.0246. The Balaban J connectivity index is 2.21. The van der Waals surface area contributed by atoms with Crippen molar-refractivity contribution in [2.24, 2.45) is 0 Å². The molecular weight excluding hydrogens is 302 g/mol. The van der Waals surface area contributed by atoms with Gasteiger partial charge >= 0.3 is 0 Å². The second-order valence-electron chi connectivity index (χ2n) is 3.63. The van der Waals surface area contributed by atoms with Crippen LogP contribution in [0.5, 0.6) is 0 Å². The number of hydrogen-bond acceptors (Lipinski definition) is 5. The van der Waals surface area contributed by atoms with Crippen molar-refractivity contribution in [3.8, 4) is 0 Å². The molecule has 0 aliphatic heterocycles. The van der Waals surface area contributed by atoms with E-state index in [1.54, 1.807) is 17.5 Å². The van der Waals surface area contributed by atoms with Crippen molar-refractivity contribution in [2.75, 3.05) is 11.9 Å². The van der Waals surface area contributed by atoms with E-state index < -0.39 is 0 Å². The number of anilines is 1. The van der Waals surface area contributed by atoms with Gasteiger partial charge in [0.1, 0.15) is 5.82 Å². The summed E-state index contributed by atoms with van der Waals surface area (Å²) < 4.78 is 0.868. The molecule has 0 radical (unpaired) electrons. The number of halogens is 1. The van der Waals surface area contributed by atoms with E-state index in [4.69, 9.17) is 0 Å². The highest BCUT2D eigenvalue weighted by Crippen LogP contribution is 2.22. The average molecular weight is 314 g/mol. The first-order valence-corrected chi connectivity index (χ1v) is 6.77. The second kappa shape index (κ2) is 5.57. The highest BCUT2D eigenvalue weighted by Gasteiger charge is 2.10. The quantitative estimate of drug-likeness (QED) is 0.942. The van der Waals surface area contributed by atoms with Gasteiger partial charge in [0, 0.05) is 28.7 Å². The zero-order chi connectivity index (χ0) is 12.3. The van der Waals surface area contributed by atoms with Crippen LogP contribution in [0.3, 0.4) is 0 Å². The van der Waals surface area contributed by atoms with Crippen molar-refractivity contribution in [1.82, 2.24) is 9.97 Å². The van der Waals surface area contributed by atoms with E-state index in [0.29, 0.717) is 6.54 Å². The van der Waals surface area contributed by atoms with E-state index >= 15 is 0 Å². The lowest BCUT2D eigenvalue weighted by Crippen LogP contribution is -2.19. The number of hydrogen-bond donors (Lipinski definition) is 1. The standard InChI is InChI=1S/C11H12BrN3OS/c1-15(4-10-6-17-7-14-10)11-8(5-16)2-9(12)3-13-11/h2-3,6-7,16H,4-5H2,1H3. The van der Waals surface area contributed by atoms with Crippen molar-refractivity contribution < 1.29 is 5.11 Å². The third-order valence-corrected chi connectivity index (χ3v) is 3.39. The Kier molecular flexibility index (Phi) is 4.09. The number of aromatic nitrogens is 2. The highest BCUT2D eigenvalue weighted by molar-refractivity contribution is 9.10. The molecule has 2 aromatic rings. The van der Waals surface area contributed by atoms with Crippen molar-refractivity contribution in [3.05, 3.63) is 38.9 Å². The Morgan fingerprint density at radius 2 is 2.29 bits per heavy atom. The molecule has 0 saturated heterocycles. The Morgan fingerprint density at radius 3 is 2.94 bits per heavy atom. The molecule has 2 rings (SSSR count). The summed E-state index contributed by atoms with van der Waals surface area (Å²) in [5, 5.41) is 11.3. The molecule has 0 spiro atoms. The first-order valence-electron chi connectivity index (χ1n) is 5.04. The van der Waals surface area contributed by atoms with Gasteiger partial charge in [0.05, 0.1) is 24.4 Å². The Hall–Kier alpha value is -0.980. The molecule has 0 aliphatic carbocycles. The van der Waals surface area contributed by atoms with Crippen LogP contribution in [0.2, 0.25) is 0 Å². The maximum Gasteiger partial charge on any atom is 0.134 e. The van der Waals surface area contributed by atoms with Gasteiger partial charge in [-0.05, 0) is 22.0 Å². The number of aliphatic hydroxyl groups excluding tert-OH is 1. The Bertz CT molecular complexity index is 489. The molecule has 0 atom stereocenters. The van der Waals surface area contributed by atoms with Crippen molar-refractivity contribution in [3.63, 3.8) is 0 Å². The van der Waals surface area contributed by atoms with Gasteiger partial charge < -0.3 is 10.0 Å². The van der Waals surface area contributed by atoms with E-state index in [0.717, 1.165) is 21.5 Å². The molecule has 0 unspecified atom stereocenters. The molecule has 17 heavy (non-hydrogen) atoms. The van der Waals surface area contributed by atoms with E-state index in [-0.39, 0.29) is 6.61 Å². The summed E-state index contributed by atoms with van der Waals surface area (Å²) in [6.07, 6.45) is 1.73. The van der Waals surface area contributed by atoms with Gasteiger partial charge in [0.15, 0.2) is 0 Å². The second-order valence-corrected chi connectivity index (χ2v) is 5.26.